The van der Waals surface area contributed by atoms with Gasteiger partial charge in [0.2, 0.25) is 0 Å². The van der Waals surface area contributed by atoms with Gasteiger partial charge < -0.3 is 10.1 Å². The number of aliphatic hydroxyl groups excluding tert-OH is 1. The van der Waals surface area contributed by atoms with Crippen molar-refractivity contribution in [3.05, 3.63) is 59.2 Å². The summed E-state index contributed by atoms with van der Waals surface area (Å²) >= 11 is 0. The van der Waals surface area contributed by atoms with E-state index >= 15 is 0 Å². The van der Waals surface area contributed by atoms with Crippen molar-refractivity contribution < 1.29 is 9.50 Å². The molecule has 0 fully saturated rings. The molecule has 3 heteroatoms. The predicted molar refractivity (Wildman–Crippen MR) is 56.0 cm³/mol. The van der Waals surface area contributed by atoms with Crippen LogP contribution in [0.5, 0.6) is 0 Å². The van der Waals surface area contributed by atoms with E-state index in [-0.39, 0.29) is 5.82 Å². The Hall–Kier alpha value is -1.61. The van der Waals surface area contributed by atoms with Crippen LogP contribution in [0.3, 0.4) is 0 Å². The van der Waals surface area contributed by atoms with Crippen molar-refractivity contribution in [2.45, 2.75) is 13.0 Å². The Morgan fingerprint density at radius 2 is 2.13 bits per heavy atom. The fourth-order valence-electron chi connectivity index (χ4n) is 1.59. The normalized spacial score (nSPS) is 12.7. The van der Waals surface area contributed by atoms with Gasteiger partial charge in [-0.15, -0.1) is 0 Å². The molecule has 0 aliphatic heterocycles. The van der Waals surface area contributed by atoms with Gasteiger partial charge in [0.1, 0.15) is 11.9 Å². The zero-order valence-corrected chi connectivity index (χ0v) is 8.37. The van der Waals surface area contributed by atoms with Gasteiger partial charge in [-0.05, 0) is 36.2 Å². The second-order valence-electron chi connectivity index (χ2n) is 3.55. The van der Waals surface area contributed by atoms with Crippen LogP contribution in [0.25, 0.3) is 0 Å². The first-order valence-corrected chi connectivity index (χ1v) is 4.75. The molecule has 1 unspecified atom stereocenters. The number of hydrogen-bond acceptors (Lipinski definition) is 1. The van der Waals surface area contributed by atoms with E-state index in [4.69, 9.17) is 0 Å². The van der Waals surface area contributed by atoms with E-state index < -0.39 is 6.10 Å². The number of H-pyrrole nitrogens is 1. The minimum absolute atomic E-state index is 0.329. The lowest BCUT2D eigenvalue weighted by atomic mass is 9.99. The predicted octanol–water partition coefficient (Wildman–Crippen LogP) is 2.54. The molecule has 78 valence electrons. The number of hydrogen-bond donors (Lipinski definition) is 2. The highest BCUT2D eigenvalue weighted by Crippen LogP contribution is 2.24. The number of aromatic amines is 1. The van der Waals surface area contributed by atoms with Crippen LogP contribution >= 0.6 is 0 Å². The van der Waals surface area contributed by atoms with Crippen molar-refractivity contribution in [3.8, 4) is 0 Å². The second kappa shape index (κ2) is 3.87. The summed E-state index contributed by atoms with van der Waals surface area (Å²) in [5, 5.41) is 10.00. The van der Waals surface area contributed by atoms with Crippen LogP contribution in [0.1, 0.15) is 22.8 Å². The molecule has 1 aromatic heterocycles. The third-order valence-corrected chi connectivity index (χ3v) is 2.47. The maximum atomic E-state index is 13.0. The van der Waals surface area contributed by atoms with E-state index in [0.717, 1.165) is 11.1 Å². The van der Waals surface area contributed by atoms with Gasteiger partial charge in [-0.3, -0.25) is 0 Å². The van der Waals surface area contributed by atoms with Gasteiger partial charge in [0.15, 0.2) is 0 Å². The van der Waals surface area contributed by atoms with Crippen molar-refractivity contribution in [2.75, 3.05) is 0 Å². The molecular weight excluding hydrogens is 193 g/mol. The SMILES string of the molecule is Cc1ccc(F)cc1C(O)c1cc[nH]c1. The molecule has 0 saturated heterocycles. The third kappa shape index (κ3) is 1.92. The van der Waals surface area contributed by atoms with Crippen LogP contribution in [0, 0.1) is 12.7 Å². The third-order valence-electron chi connectivity index (χ3n) is 2.47. The van der Waals surface area contributed by atoms with Crippen LogP contribution in [0.4, 0.5) is 4.39 Å². The van der Waals surface area contributed by atoms with Gasteiger partial charge in [-0.25, -0.2) is 4.39 Å². The summed E-state index contributed by atoms with van der Waals surface area (Å²) in [5.41, 5.74) is 2.23. The van der Waals surface area contributed by atoms with Gasteiger partial charge in [0.25, 0.3) is 0 Å². The number of aliphatic hydroxyl groups is 1. The van der Waals surface area contributed by atoms with Crippen LogP contribution in [0.15, 0.2) is 36.7 Å². The highest BCUT2D eigenvalue weighted by atomic mass is 19.1. The van der Waals surface area contributed by atoms with Crippen LogP contribution in [-0.2, 0) is 0 Å². The van der Waals surface area contributed by atoms with E-state index in [1.165, 1.54) is 12.1 Å². The van der Waals surface area contributed by atoms with Crippen molar-refractivity contribution in [2.24, 2.45) is 0 Å². The quantitative estimate of drug-likeness (QED) is 0.776. The molecule has 0 saturated carbocycles. The molecule has 15 heavy (non-hydrogen) atoms. The molecule has 1 aromatic carbocycles. The maximum Gasteiger partial charge on any atom is 0.123 e. The molecule has 2 nitrogen and oxygen atoms in total. The number of aromatic nitrogens is 1. The number of halogens is 1. The molecule has 1 heterocycles. The minimum atomic E-state index is -0.771. The van der Waals surface area contributed by atoms with Crippen LogP contribution in [-0.4, -0.2) is 10.1 Å². The van der Waals surface area contributed by atoms with Gasteiger partial charge in [0, 0.05) is 18.0 Å². The number of aryl methyl sites for hydroxylation is 1. The molecule has 0 aliphatic carbocycles. The number of nitrogens with one attached hydrogen (secondary N) is 1. The molecule has 2 aromatic rings. The summed E-state index contributed by atoms with van der Waals surface area (Å²) < 4.78 is 13.0. The molecule has 0 amide bonds. The number of rotatable bonds is 2. The first kappa shape index (κ1) is 9.93. The van der Waals surface area contributed by atoms with Gasteiger partial charge in [0.05, 0.1) is 0 Å². The average Bonchev–Trinajstić information content (AvgIpc) is 2.74. The lowest BCUT2D eigenvalue weighted by Gasteiger charge is -2.12. The summed E-state index contributed by atoms with van der Waals surface area (Å²) in [5.74, 6) is -0.329. The molecule has 0 aliphatic rings. The Morgan fingerprint density at radius 1 is 1.33 bits per heavy atom. The molecule has 2 rings (SSSR count). The Bertz CT molecular complexity index is 451. The summed E-state index contributed by atoms with van der Waals surface area (Å²) in [6.07, 6.45) is 2.66. The van der Waals surface area contributed by atoms with Gasteiger partial charge in [-0.1, -0.05) is 6.07 Å². The smallest absolute Gasteiger partial charge is 0.123 e. The average molecular weight is 205 g/mol. The van der Waals surface area contributed by atoms with Crippen LogP contribution in [0.2, 0.25) is 0 Å². The first-order valence-electron chi connectivity index (χ1n) is 4.75. The highest BCUT2D eigenvalue weighted by Gasteiger charge is 2.13. The highest BCUT2D eigenvalue weighted by molar-refractivity contribution is 5.34. The number of benzene rings is 1. The largest absolute Gasteiger partial charge is 0.384 e. The fourth-order valence-corrected chi connectivity index (χ4v) is 1.59. The molecule has 0 bridgehead atoms. The molecule has 2 N–H and O–H groups in total. The molecular formula is C12H12FNO. The molecule has 0 radical (unpaired) electrons. The summed E-state index contributed by atoms with van der Waals surface area (Å²) in [6.45, 7) is 1.85. The first-order chi connectivity index (χ1) is 7.18. The van der Waals surface area contributed by atoms with E-state index in [2.05, 4.69) is 4.98 Å². The van der Waals surface area contributed by atoms with Crippen molar-refractivity contribution in [3.63, 3.8) is 0 Å². The zero-order chi connectivity index (χ0) is 10.8. The summed E-state index contributed by atoms with van der Waals surface area (Å²) in [4.78, 5) is 2.86. The molecule has 0 spiro atoms. The fraction of sp³-hybridized carbons (Fsp3) is 0.167. The lowest BCUT2D eigenvalue weighted by Crippen LogP contribution is -2.01. The van der Waals surface area contributed by atoms with E-state index in [0.29, 0.717) is 5.56 Å². The Labute approximate surface area is 87.4 Å². The summed E-state index contributed by atoms with van der Waals surface area (Å²) in [7, 11) is 0. The van der Waals surface area contributed by atoms with E-state index in [9.17, 15) is 9.50 Å². The van der Waals surface area contributed by atoms with E-state index in [1.807, 2.05) is 6.92 Å². The van der Waals surface area contributed by atoms with Gasteiger partial charge in [-0.2, -0.15) is 0 Å². The standard InChI is InChI=1S/C12H12FNO/c1-8-2-3-10(13)6-11(8)12(15)9-4-5-14-7-9/h2-7,12,14-15H,1H3. The van der Waals surface area contributed by atoms with Gasteiger partial charge >= 0.3 is 0 Å². The van der Waals surface area contributed by atoms with Crippen molar-refractivity contribution in [1.82, 2.24) is 4.98 Å². The monoisotopic (exact) mass is 205 g/mol. The Kier molecular flexibility index (Phi) is 2.56. The maximum absolute atomic E-state index is 13.0. The zero-order valence-electron chi connectivity index (χ0n) is 8.37. The Balaban J connectivity index is 2.41. The lowest BCUT2D eigenvalue weighted by molar-refractivity contribution is 0.219. The van der Waals surface area contributed by atoms with Crippen LogP contribution < -0.4 is 0 Å². The molecule has 1 atom stereocenters. The topological polar surface area (TPSA) is 36.0 Å². The van der Waals surface area contributed by atoms with Crippen molar-refractivity contribution in [1.29, 1.82) is 0 Å². The summed E-state index contributed by atoms with van der Waals surface area (Å²) in [6, 6.07) is 6.20. The van der Waals surface area contributed by atoms with E-state index in [1.54, 1.807) is 24.5 Å². The van der Waals surface area contributed by atoms with Crippen molar-refractivity contribution >= 4 is 0 Å². The second-order valence-corrected chi connectivity index (χ2v) is 3.55. The minimum Gasteiger partial charge on any atom is -0.384 e. The Morgan fingerprint density at radius 3 is 2.80 bits per heavy atom.